The largest absolute Gasteiger partial charge is 0.488 e. The van der Waals surface area contributed by atoms with Gasteiger partial charge >= 0.3 is 5.97 Å². The lowest BCUT2D eigenvalue weighted by Crippen LogP contribution is -2.40. The van der Waals surface area contributed by atoms with Crippen LogP contribution in [-0.4, -0.2) is 22.1 Å². The normalized spacial score (nSPS) is 14.8. The van der Waals surface area contributed by atoms with Crippen molar-refractivity contribution in [2.45, 2.75) is 33.4 Å². The minimum Gasteiger partial charge on any atom is -0.488 e. The molecular formula is C31H26BrN3O6S. The molecule has 3 aromatic carbocycles. The topological polar surface area (TPSA) is 113 Å². The van der Waals surface area contributed by atoms with E-state index in [-0.39, 0.29) is 23.4 Å². The van der Waals surface area contributed by atoms with Gasteiger partial charge in [0.25, 0.3) is 11.2 Å². The van der Waals surface area contributed by atoms with Crippen molar-refractivity contribution < 1.29 is 19.2 Å². The van der Waals surface area contributed by atoms with Gasteiger partial charge < -0.3 is 9.47 Å². The molecule has 214 valence electrons. The van der Waals surface area contributed by atoms with Crippen molar-refractivity contribution in [3.8, 4) is 5.75 Å². The summed E-state index contributed by atoms with van der Waals surface area (Å²) < 4.78 is 13.8. The van der Waals surface area contributed by atoms with E-state index >= 15 is 0 Å². The number of nitrogens with zero attached hydrogens (tertiary/aromatic N) is 3. The molecule has 0 spiro atoms. The average Bonchev–Trinajstić information content (AvgIpc) is 3.26. The third-order valence-corrected chi connectivity index (χ3v) is 8.36. The van der Waals surface area contributed by atoms with Gasteiger partial charge in [0.2, 0.25) is 0 Å². The van der Waals surface area contributed by atoms with Gasteiger partial charge in [0.1, 0.15) is 12.4 Å². The predicted molar refractivity (Wildman–Crippen MR) is 163 cm³/mol. The van der Waals surface area contributed by atoms with Crippen molar-refractivity contribution >= 4 is 45.0 Å². The lowest BCUT2D eigenvalue weighted by molar-refractivity contribution is -0.385. The first-order valence-corrected chi connectivity index (χ1v) is 14.7. The monoisotopic (exact) mass is 647 g/mol. The molecule has 0 saturated carbocycles. The smallest absolute Gasteiger partial charge is 0.338 e. The quantitative estimate of drug-likeness (QED) is 0.145. The lowest BCUT2D eigenvalue weighted by atomic mass is 9.94. The van der Waals surface area contributed by atoms with E-state index in [0.717, 1.165) is 15.6 Å². The Morgan fingerprint density at radius 1 is 1.14 bits per heavy atom. The summed E-state index contributed by atoms with van der Waals surface area (Å²) in [4.78, 5) is 43.2. The number of aryl methyl sites for hydroxylation is 1. The Morgan fingerprint density at radius 2 is 1.90 bits per heavy atom. The fourth-order valence-electron chi connectivity index (χ4n) is 4.71. The molecule has 4 aromatic rings. The van der Waals surface area contributed by atoms with Gasteiger partial charge in [0, 0.05) is 11.6 Å². The zero-order valence-electron chi connectivity index (χ0n) is 23.0. The Kier molecular flexibility index (Phi) is 8.51. The fraction of sp³-hybridized carbons (Fsp3) is 0.194. The number of halogens is 1. The number of thiazole rings is 1. The first-order valence-electron chi connectivity index (χ1n) is 13.1. The number of nitro groups is 1. The molecule has 2 heterocycles. The number of carbonyl (C=O) groups is 1. The summed E-state index contributed by atoms with van der Waals surface area (Å²) in [7, 11) is 0. The Balaban J connectivity index is 1.58. The van der Waals surface area contributed by atoms with E-state index in [1.165, 1.54) is 22.0 Å². The van der Waals surface area contributed by atoms with E-state index < -0.39 is 16.9 Å². The van der Waals surface area contributed by atoms with Gasteiger partial charge in [-0.2, -0.15) is 0 Å². The van der Waals surface area contributed by atoms with Crippen LogP contribution in [0.3, 0.4) is 0 Å². The average molecular weight is 649 g/mol. The van der Waals surface area contributed by atoms with Crippen molar-refractivity contribution in [2.24, 2.45) is 4.99 Å². The molecule has 1 aliphatic rings. The van der Waals surface area contributed by atoms with Gasteiger partial charge in [0.05, 0.1) is 37.8 Å². The fourth-order valence-corrected chi connectivity index (χ4v) is 6.27. The Morgan fingerprint density at radius 3 is 2.60 bits per heavy atom. The van der Waals surface area contributed by atoms with E-state index in [1.807, 2.05) is 48.5 Å². The highest BCUT2D eigenvalue weighted by Crippen LogP contribution is 2.33. The van der Waals surface area contributed by atoms with Gasteiger partial charge in [-0.1, -0.05) is 59.9 Å². The van der Waals surface area contributed by atoms with Crippen LogP contribution in [0, 0.1) is 17.0 Å². The van der Waals surface area contributed by atoms with Crippen molar-refractivity contribution in [3.63, 3.8) is 0 Å². The van der Waals surface area contributed by atoms with Gasteiger partial charge in [-0.15, -0.1) is 0 Å². The third kappa shape index (κ3) is 5.83. The summed E-state index contributed by atoms with van der Waals surface area (Å²) in [6, 6.07) is 19.1. The SMILES string of the molecule is CCOC(=O)C1=C(C)N=c2s/c(=C/c3ccc(OCc4ccccc4)c(Br)c3)c(=O)n2[C@@H]1c1ccc(C)c([N+](=O)[O-])c1. The molecular weight excluding hydrogens is 622 g/mol. The van der Waals surface area contributed by atoms with E-state index in [2.05, 4.69) is 20.9 Å². The minimum atomic E-state index is -0.942. The molecule has 1 aromatic heterocycles. The van der Waals surface area contributed by atoms with Crippen molar-refractivity contribution in [1.82, 2.24) is 4.57 Å². The number of ether oxygens (including phenoxy) is 2. The van der Waals surface area contributed by atoms with E-state index in [1.54, 1.807) is 39.0 Å². The molecule has 0 unspecified atom stereocenters. The molecule has 11 heteroatoms. The Labute approximate surface area is 253 Å². The van der Waals surface area contributed by atoms with Gasteiger partial charge in [-0.25, -0.2) is 9.79 Å². The second-order valence-corrected chi connectivity index (χ2v) is 11.4. The van der Waals surface area contributed by atoms with Crippen LogP contribution in [-0.2, 0) is 16.1 Å². The molecule has 0 radical (unpaired) electrons. The van der Waals surface area contributed by atoms with Crippen LogP contribution < -0.4 is 19.6 Å². The molecule has 5 rings (SSSR count). The molecule has 0 saturated heterocycles. The summed E-state index contributed by atoms with van der Waals surface area (Å²) >= 11 is 4.74. The number of benzene rings is 3. The summed E-state index contributed by atoms with van der Waals surface area (Å²) in [5.74, 6) is 0.0319. The van der Waals surface area contributed by atoms with Crippen LogP contribution in [0.4, 0.5) is 5.69 Å². The van der Waals surface area contributed by atoms with E-state index in [0.29, 0.717) is 38.5 Å². The molecule has 9 nitrogen and oxygen atoms in total. The number of esters is 1. The summed E-state index contributed by atoms with van der Waals surface area (Å²) in [6.45, 7) is 5.53. The number of fused-ring (bicyclic) bond motifs is 1. The van der Waals surface area contributed by atoms with Crippen molar-refractivity contribution in [1.29, 1.82) is 0 Å². The van der Waals surface area contributed by atoms with Crippen LogP contribution in [0.2, 0.25) is 0 Å². The minimum absolute atomic E-state index is 0.105. The van der Waals surface area contributed by atoms with Gasteiger partial charge in [0.15, 0.2) is 4.80 Å². The number of hydrogen-bond acceptors (Lipinski definition) is 8. The van der Waals surface area contributed by atoms with Crippen LogP contribution >= 0.6 is 27.3 Å². The highest BCUT2D eigenvalue weighted by molar-refractivity contribution is 9.10. The van der Waals surface area contributed by atoms with Crippen LogP contribution in [0.5, 0.6) is 5.75 Å². The maximum atomic E-state index is 13.9. The molecule has 0 amide bonds. The first-order chi connectivity index (χ1) is 20.2. The van der Waals surface area contributed by atoms with Gasteiger partial charge in [-0.05, 0) is 71.6 Å². The Bertz CT molecular complexity index is 1910. The zero-order valence-corrected chi connectivity index (χ0v) is 25.4. The van der Waals surface area contributed by atoms with Crippen LogP contribution in [0.25, 0.3) is 6.08 Å². The summed E-state index contributed by atoms with van der Waals surface area (Å²) in [5.41, 5.74) is 2.75. The standard InChI is InChI=1S/C31H26BrN3O6S/c1-4-40-30(37)27-19(3)33-31-34(28(27)22-12-10-18(2)24(16-22)35(38)39)29(36)26(42-31)15-21-11-13-25(23(32)14-21)41-17-20-8-6-5-7-9-20/h5-16,28H,4,17H2,1-3H3/b26-15+/t28-/m1/s1. The lowest BCUT2D eigenvalue weighted by Gasteiger charge is -2.24. The second kappa shape index (κ2) is 12.3. The number of nitro benzene ring substituents is 1. The third-order valence-electron chi connectivity index (χ3n) is 6.75. The number of rotatable bonds is 8. The molecule has 42 heavy (non-hydrogen) atoms. The van der Waals surface area contributed by atoms with E-state index in [4.69, 9.17) is 9.47 Å². The predicted octanol–water partition coefficient (Wildman–Crippen LogP) is 5.36. The number of allylic oxidation sites excluding steroid dienone is 1. The summed E-state index contributed by atoms with van der Waals surface area (Å²) in [5, 5.41) is 11.7. The van der Waals surface area contributed by atoms with Crippen LogP contribution in [0.15, 0.2) is 92.3 Å². The molecule has 0 N–H and O–H groups in total. The second-order valence-electron chi connectivity index (χ2n) is 9.57. The first kappa shape index (κ1) is 29.2. The number of hydrogen-bond donors (Lipinski definition) is 0. The molecule has 0 fully saturated rings. The van der Waals surface area contributed by atoms with Crippen LogP contribution in [0.1, 0.15) is 42.1 Å². The summed E-state index contributed by atoms with van der Waals surface area (Å²) in [6.07, 6.45) is 1.74. The molecule has 0 bridgehead atoms. The Hall–Kier alpha value is -4.35. The van der Waals surface area contributed by atoms with Gasteiger partial charge in [-0.3, -0.25) is 19.5 Å². The molecule has 1 aliphatic heterocycles. The zero-order chi connectivity index (χ0) is 30.0. The number of aromatic nitrogens is 1. The highest BCUT2D eigenvalue weighted by Gasteiger charge is 2.34. The molecule has 1 atom stereocenters. The number of carbonyl (C=O) groups excluding carboxylic acids is 1. The van der Waals surface area contributed by atoms with Crippen molar-refractivity contribution in [2.75, 3.05) is 6.61 Å². The maximum Gasteiger partial charge on any atom is 0.338 e. The molecule has 0 aliphatic carbocycles. The van der Waals surface area contributed by atoms with E-state index in [9.17, 15) is 19.7 Å². The van der Waals surface area contributed by atoms with Crippen molar-refractivity contribution in [3.05, 3.63) is 135 Å². The highest BCUT2D eigenvalue weighted by atomic mass is 79.9. The maximum absolute atomic E-state index is 13.9.